The number of aryl methyl sites for hydroxylation is 1. The summed E-state index contributed by atoms with van der Waals surface area (Å²) < 4.78 is 5.32. The van der Waals surface area contributed by atoms with Crippen LogP contribution in [0, 0.1) is 6.92 Å². The minimum Gasteiger partial charge on any atom is -0.430 e. The second-order valence-electron chi connectivity index (χ2n) is 5.65. The molecule has 0 bridgehead atoms. The van der Waals surface area contributed by atoms with E-state index in [1.54, 1.807) is 7.48 Å². The second-order valence-corrected chi connectivity index (χ2v) is 5.65. The van der Waals surface area contributed by atoms with Gasteiger partial charge in [0.05, 0.1) is 6.61 Å². The molecular formula is C16H20BN4O. The number of rotatable bonds is 5. The van der Waals surface area contributed by atoms with Gasteiger partial charge in [0.25, 0.3) is 0 Å². The molecule has 1 aliphatic rings. The first kappa shape index (κ1) is 14.8. The van der Waals surface area contributed by atoms with Crippen LogP contribution in [0.15, 0.2) is 24.4 Å². The molecule has 5 nitrogen and oxygen atoms in total. The molecule has 1 radical (unpaired) electrons. The van der Waals surface area contributed by atoms with Gasteiger partial charge in [-0.2, -0.15) is 4.98 Å². The molecule has 1 unspecified atom stereocenters. The fourth-order valence-electron chi connectivity index (χ4n) is 2.26. The van der Waals surface area contributed by atoms with Crippen molar-refractivity contribution in [3.8, 4) is 0 Å². The monoisotopic (exact) mass is 295 g/mol. The van der Waals surface area contributed by atoms with Crippen LogP contribution in [-0.4, -0.2) is 23.5 Å². The Labute approximate surface area is 131 Å². The first-order valence-corrected chi connectivity index (χ1v) is 7.60. The Bertz CT molecular complexity index is 677. The summed E-state index contributed by atoms with van der Waals surface area (Å²) in [5, 5.41) is 6.67. The van der Waals surface area contributed by atoms with Crippen LogP contribution < -0.4 is 16.1 Å². The highest BCUT2D eigenvalue weighted by molar-refractivity contribution is 6.48. The molecule has 3 rings (SSSR count). The van der Waals surface area contributed by atoms with Crippen molar-refractivity contribution in [2.24, 2.45) is 0 Å². The molecule has 1 aromatic heterocycles. The number of fused-ring (bicyclic) bond motifs is 1. The first-order chi connectivity index (χ1) is 10.7. The molecule has 0 saturated carbocycles. The van der Waals surface area contributed by atoms with E-state index in [0.29, 0.717) is 18.6 Å². The molecule has 0 aliphatic carbocycles. The van der Waals surface area contributed by atoms with Crippen molar-refractivity contribution < 1.29 is 4.65 Å². The van der Waals surface area contributed by atoms with Gasteiger partial charge in [0, 0.05) is 23.5 Å². The van der Waals surface area contributed by atoms with Crippen LogP contribution in [0.3, 0.4) is 0 Å². The number of nitrogens with one attached hydrogen (secondary N) is 2. The van der Waals surface area contributed by atoms with Gasteiger partial charge in [0.1, 0.15) is 5.82 Å². The first-order valence-electron chi connectivity index (χ1n) is 7.60. The fraction of sp³-hybridized carbons (Fsp3) is 0.375. The molecule has 0 spiro atoms. The zero-order valence-electron chi connectivity index (χ0n) is 13.2. The van der Waals surface area contributed by atoms with Gasteiger partial charge in [-0.3, -0.25) is 0 Å². The molecule has 2 aromatic rings. The van der Waals surface area contributed by atoms with Gasteiger partial charge in [0.15, 0.2) is 0 Å². The minimum atomic E-state index is 0.383. The van der Waals surface area contributed by atoms with E-state index in [9.17, 15) is 0 Å². The lowest BCUT2D eigenvalue weighted by atomic mass is 9.87. The molecule has 113 valence electrons. The van der Waals surface area contributed by atoms with Gasteiger partial charge in [-0.25, -0.2) is 4.98 Å². The molecule has 1 aliphatic heterocycles. The van der Waals surface area contributed by atoms with Gasteiger partial charge >= 0.3 is 7.48 Å². The van der Waals surface area contributed by atoms with E-state index in [4.69, 9.17) is 4.65 Å². The highest BCUT2D eigenvalue weighted by atomic mass is 16.4. The zero-order valence-corrected chi connectivity index (χ0v) is 13.2. The summed E-state index contributed by atoms with van der Waals surface area (Å²) in [5.74, 6) is 1.48. The van der Waals surface area contributed by atoms with E-state index in [0.717, 1.165) is 29.0 Å². The van der Waals surface area contributed by atoms with Crippen molar-refractivity contribution in [1.29, 1.82) is 0 Å². The third-order valence-electron chi connectivity index (χ3n) is 3.82. The van der Waals surface area contributed by atoms with Gasteiger partial charge in [0.2, 0.25) is 5.95 Å². The van der Waals surface area contributed by atoms with Gasteiger partial charge in [-0.1, -0.05) is 13.0 Å². The van der Waals surface area contributed by atoms with Crippen LogP contribution in [0.4, 0.5) is 17.5 Å². The van der Waals surface area contributed by atoms with Crippen molar-refractivity contribution in [3.63, 3.8) is 0 Å². The Balaban J connectivity index is 1.79. The molecule has 1 aromatic carbocycles. The molecule has 2 heterocycles. The quantitative estimate of drug-likeness (QED) is 0.830. The lowest BCUT2D eigenvalue weighted by Crippen LogP contribution is -2.16. The molecule has 2 N–H and O–H groups in total. The average molecular weight is 295 g/mol. The van der Waals surface area contributed by atoms with Gasteiger partial charge in [-0.15, -0.1) is 0 Å². The predicted molar refractivity (Wildman–Crippen MR) is 90.0 cm³/mol. The molecule has 1 atom stereocenters. The average Bonchev–Trinajstić information content (AvgIpc) is 2.98. The third kappa shape index (κ3) is 3.22. The van der Waals surface area contributed by atoms with Crippen LogP contribution in [0.2, 0.25) is 0 Å². The van der Waals surface area contributed by atoms with Crippen LogP contribution in [0.5, 0.6) is 0 Å². The summed E-state index contributed by atoms with van der Waals surface area (Å²) in [6.45, 7) is 6.93. The van der Waals surface area contributed by atoms with Crippen molar-refractivity contribution in [2.75, 3.05) is 10.6 Å². The summed E-state index contributed by atoms with van der Waals surface area (Å²) in [4.78, 5) is 8.94. The van der Waals surface area contributed by atoms with Crippen molar-refractivity contribution in [1.82, 2.24) is 9.97 Å². The maximum Gasteiger partial charge on any atom is 0.330 e. The van der Waals surface area contributed by atoms with Gasteiger partial charge in [-0.05, 0) is 43.4 Å². The topological polar surface area (TPSA) is 59.1 Å². The Hall–Kier alpha value is -2.08. The summed E-state index contributed by atoms with van der Waals surface area (Å²) in [7, 11) is 1.79. The van der Waals surface area contributed by atoms with E-state index in [2.05, 4.69) is 40.5 Å². The van der Waals surface area contributed by atoms with Crippen molar-refractivity contribution in [2.45, 2.75) is 39.8 Å². The van der Waals surface area contributed by atoms with E-state index in [1.807, 2.05) is 25.3 Å². The molecule has 0 saturated heterocycles. The standard InChI is InChI=1S/C16H20BN4O/c1-4-11(3)19-15-10(2)8-18-16(21-15)20-13-5-6-14-12(7-13)9-22-17-14/h5-8,11H,4,9H2,1-3H3,(H2,18,19,20,21). The Morgan fingerprint density at radius 2 is 2.27 bits per heavy atom. The maximum absolute atomic E-state index is 5.32. The van der Waals surface area contributed by atoms with E-state index in [1.165, 1.54) is 5.56 Å². The molecule has 0 fully saturated rings. The summed E-state index contributed by atoms with van der Waals surface area (Å²) >= 11 is 0. The predicted octanol–water partition coefficient (Wildman–Crippen LogP) is 2.51. The fourth-order valence-corrected chi connectivity index (χ4v) is 2.26. The Morgan fingerprint density at radius 3 is 3.09 bits per heavy atom. The van der Waals surface area contributed by atoms with Crippen LogP contribution in [0.25, 0.3) is 0 Å². The minimum absolute atomic E-state index is 0.383. The number of anilines is 3. The SMILES string of the molecule is CCC(C)Nc1nc(Nc2ccc3c(c2)CO[B]3)ncc1C. The highest BCUT2D eigenvalue weighted by Crippen LogP contribution is 2.19. The second kappa shape index (κ2) is 6.36. The highest BCUT2D eigenvalue weighted by Gasteiger charge is 2.14. The van der Waals surface area contributed by atoms with Crippen molar-refractivity contribution >= 4 is 30.4 Å². The summed E-state index contributed by atoms with van der Waals surface area (Å²) in [6, 6.07) is 6.50. The molecule has 0 amide bonds. The Kier molecular flexibility index (Phi) is 4.29. The van der Waals surface area contributed by atoms with Crippen LogP contribution >= 0.6 is 0 Å². The smallest absolute Gasteiger partial charge is 0.330 e. The summed E-state index contributed by atoms with van der Waals surface area (Å²) in [6.07, 6.45) is 2.89. The number of hydrogen-bond acceptors (Lipinski definition) is 5. The lowest BCUT2D eigenvalue weighted by molar-refractivity contribution is 0.345. The number of hydrogen-bond donors (Lipinski definition) is 2. The largest absolute Gasteiger partial charge is 0.430 e. The third-order valence-corrected chi connectivity index (χ3v) is 3.82. The zero-order chi connectivity index (χ0) is 15.5. The maximum atomic E-state index is 5.32. The van der Waals surface area contributed by atoms with E-state index < -0.39 is 0 Å². The number of benzene rings is 1. The van der Waals surface area contributed by atoms with Crippen LogP contribution in [-0.2, 0) is 11.3 Å². The normalized spacial score (nSPS) is 14.1. The molecule has 6 heteroatoms. The molecule has 22 heavy (non-hydrogen) atoms. The Morgan fingerprint density at radius 1 is 1.41 bits per heavy atom. The van der Waals surface area contributed by atoms with Crippen LogP contribution in [0.1, 0.15) is 31.4 Å². The molecular weight excluding hydrogens is 275 g/mol. The number of aromatic nitrogens is 2. The van der Waals surface area contributed by atoms with Gasteiger partial charge < -0.3 is 15.3 Å². The van der Waals surface area contributed by atoms with E-state index >= 15 is 0 Å². The van der Waals surface area contributed by atoms with E-state index in [-0.39, 0.29) is 0 Å². The number of nitrogens with zero attached hydrogens (tertiary/aromatic N) is 2. The van der Waals surface area contributed by atoms with Crippen molar-refractivity contribution in [3.05, 3.63) is 35.5 Å². The summed E-state index contributed by atoms with van der Waals surface area (Å²) in [5.41, 5.74) is 4.32. The lowest BCUT2D eigenvalue weighted by Gasteiger charge is -2.15.